The quantitative estimate of drug-likeness (QED) is 0.908. The molecule has 2 unspecified atom stereocenters. The van der Waals surface area contributed by atoms with Gasteiger partial charge in [-0.15, -0.1) is 11.3 Å². The first-order valence-corrected chi connectivity index (χ1v) is 9.89. The Bertz CT molecular complexity index is 616. The maximum Gasteiger partial charge on any atom is 0.252 e. The molecular weight excluding hydrogens is 304 g/mol. The number of sulfonamides is 1. The molecule has 0 saturated carbocycles. The van der Waals surface area contributed by atoms with Gasteiger partial charge in [-0.3, -0.25) is 0 Å². The summed E-state index contributed by atoms with van der Waals surface area (Å²) in [6, 6.07) is 4.56. The third-order valence-corrected chi connectivity index (χ3v) is 8.24. The largest absolute Gasteiger partial charge is 0.310 e. The second-order valence-electron chi connectivity index (χ2n) is 7.16. The van der Waals surface area contributed by atoms with Crippen LogP contribution in [0, 0.1) is 0 Å². The summed E-state index contributed by atoms with van der Waals surface area (Å²) < 4.78 is 27.9. The Labute approximate surface area is 131 Å². The van der Waals surface area contributed by atoms with Gasteiger partial charge in [-0.1, -0.05) is 20.8 Å². The molecule has 1 aromatic rings. The summed E-state index contributed by atoms with van der Waals surface area (Å²) in [7, 11) is -3.34. The lowest BCUT2D eigenvalue weighted by Crippen LogP contribution is -2.38. The highest BCUT2D eigenvalue weighted by atomic mass is 32.2. The third kappa shape index (κ3) is 3.04. The number of rotatable bonds is 2. The fraction of sp³-hybridized carbons (Fsp3) is 0.733. The van der Waals surface area contributed by atoms with Crippen molar-refractivity contribution in [3.63, 3.8) is 0 Å². The van der Waals surface area contributed by atoms with E-state index in [2.05, 4.69) is 26.1 Å². The van der Waals surface area contributed by atoms with Gasteiger partial charge in [-0.2, -0.15) is 4.31 Å². The van der Waals surface area contributed by atoms with Crippen LogP contribution in [0.2, 0.25) is 0 Å². The zero-order valence-corrected chi connectivity index (χ0v) is 14.6. The minimum absolute atomic E-state index is 0.00214. The molecule has 0 aromatic carbocycles. The van der Waals surface area contributed by atoms with Gasteiger partial charge >= 0.3 is 0 Å². The summed E-state index contributed by atoms with van der Waals surface area (Å²) >= 11 is 1.42. The van der Waals surface area contributed by atoms with E-state index >= 15 is 0 Å². The lowest BCUT2D eigenvalue weighted by atomic mass is 9.95. The molecule has 1 N–H and O–H groups in total. The van der Waals surface area contributed by atoms with Crippen LogP contribution in [0.1, 0.15) is 44.9 Å². The van der Waals surface area contributed by atoms with E-state index in [0.29, 0.717) is 29.4 Å². The fourth-order valence-corrected chi connectivity index (χ4v) is 6.14. The van der Waals surface area contributed by atoms with Gasteiger partial charge in [0.1, 0.15) is 4.21 Å². The van der Waals surface area contributed by atoms with Crippen LogP contribution in [0.3, 0.4) is 0 Å². The van der Waals surface area contributed by atoms with Gasteiger partial charge in [0.2, 0.25) is 0 Å². The number of hydrogen-bond donors (Lipinski definition) is 1. The summed E-state index contributed by atoms with van der Waals surface area (Å²) in [6.07, 6.45) is 3.20. The third-order valence-electron chi connectivity index (χ3n) is 4.40. The molecule has 118 valence electrons. The predicted molar refractivity (Wildman–Crippen MR) is 86.3 cm³/mol. The summed E-state index contributed by atoms with van der Waals surface area (Å²) in [6.45, 7) is 7.60. The van der Waals surface area contributed by atoms with Crippen molar-refractivity contribution >= 4 is 21.4 Å². The van der Waals surface area contributed by atoms with Crippen molar-refractivity contribution in [1.29, 1.82) is 0 Å². The predicted octanol–water partition coefficient (Wildman–Crippen LogP) is 2.56. The SMILES string of the molecule is CC(C)(C)c1ccc(S(=O)(=O)N2CCC3CCC(C2)N3)s1. The van der Waals surface area contributed by atoms with Gasteiger partial charge in [-0.25, -0.2) is 8.42 Å². The molecule has 6 heteroatoms. The molecule has 2 bridgehead atoms. The first-order chi connectivity index (χ1) is 9.77. The molecule has 21 heavy (non-hydrogen) atoms. The van der Waals surface area contributed by atoms with E-state index in [1.54, 1.807) is 10.4 Å². The molecule has 4 nitrogen and oxygen atoms in total. The van der Waals surface area contributed by atoms with E-state index in [9.17, 15) is 8.42 Å². The molecule has 0 spiro atoms. The molecular formula is C15H24N2O2S2. The number of nitrogens with zero attached hydrogens (tertiary/aromatic N) is 1. The van der Waals surface area contributed by atoms with Crippen molar-refractivity contribution < 1.29 is 8.42 Å². The Kier molecular flexibility index (Phi) is 3.93. The van der Waals surface area contributed by atoms with Crippen LogP contribution in [-0.4, -0.2) is 37.9 Å². The number of thiophene rings is 1. The van der Waals surface area contributed by atoms with Gasteiger partial charge in [0.15, 0.2) is 0 Å². The molecule has 2 fully saturated rings. The van der Waals surface area contributed by atoms with Crippen molar-refractivity contribution in [2.75, 3.05) is 13.1 Å². The first-order valence-electron chi connectivity index (χ1n) is 7.63. The molecule has 2 atom stereocenters. The molecule has 3 heterocycles. The molecule has 2 saturated heterocycles. The van der Waals surface area contributed by atoms with Crippen molar-refractivity contribution in [3.05, 3.63) is 17.0 Å². The maximum atomic E-state index is 12.9. The first kappa shape index (κ1) is 15.5. The van der Waals surface area contributed by atoms with E-state index in [1.165, 1.54) is 17.8 Å². The smallest absolute Gasteiger partial charge is 0.252 e. The second-order valence-corrected chi connectivity index (χ2v) is 10.4. The number of hydrogen-bond acceptors (Lipinski definition) is 4. The van der Waals surface area contributed by atoms with Crippen LogP contribution in [0.5, 0.6) is 0 Å². The molecule has 0 radical (unpaired) electrons. The van der Waals surface area contributed by atoms with Gasteiger partial charge < -0.3 is 5.32 Å². The van der Waals surface area contributed by atoms with Crippen LogP contribution in [0.15, 0.2) is 16.3 Å². The second kappa shape index (κ2) is 5.33. The molecule has 1 aromatic heterocycles. The van der Waals surface area contributed by atoms with Crippen LogP contribution in [0.25, 0.3) is 0 Å². The van der Waals surface area contributed by atoms with Crippen molar-refractivity contribution in [2.45, 2.75) is 61.7 Å². The number of fused-ring (bicyclic) bond motifs is 2. The molecule has 0 amide bonds. The van der Waals surface area contributed by atoms with Gasteiger partial charge in [0.05, 0.1) is 0 Å². The van der Waals surface area contributed by atoms with Crippen molar-refractivity contribution in [1.82, 2.24) is 9.62 Å². The average Bonchev–Trinajstić information content (AvgIpc) is 2.95. The summed E-state index contributed by atoms with van der Waals surface area (Å²) in [5, 5.41) is 3.53. The van der Waals surface area contributed by atoms with Crippen molar-refractivity contribution in [2.24, 2.45) is 0 Å². The van der Waals surface area contributed by atoms with Crippen LogP contribution in [-0.2, 0) is 15.4 Å². The van der Waals surface area contributed by atoms with Crippen molar-refractivity contribution in [3.8, 4) is 0 Å². The Morgan fingerprint density at radius 3 is 2.57 bits per heavy atom. The van der Waals surface area contributed by atoms with E-state index in [0.717, 1.165) is 17.7 Å². The Morgan fingerprint density at radius 2 is 1.90 bits per heavy atom. The lowest BCUT2D eigenvalue weighted by molar-refractivity contribution is 0.384. The number of nitrogens with one attached hydrogen (secondary N) is 1. The van der Waals surface area contributed by atoms with E-state index in [4.69, 9.17) is 0 Å². The average molecular weight is 329 g/mol. The van der Waals surface area contributed by atoms with Crippen LogP contribution < -0.4 is 5.32 Å². The zero-order chi connectivity index (χ0) is 15.3. The van der Waals surface area contributed by atoms with Gasteiger partial charge in [-0.05, 0) is 36.8 Å². The highest BCUT2D eigenvalue weighted by molar-refractivity contribution is 7.91. The normalized spacial score (nSPS) is 27.8. The molecule has 2 aliphatic rings. The summed E-state index contributed by atoms with van der Waals surface area (Å²) in [4.78, 5) is 1.12. The molecule has 3 rings (SSSR count). The van der Waals surface area contributed by atoms with Gasteiger partial charge in [0, 0.05) is 30.1 Å². The molecule has 0 aliphatic carbocycles. The standard InChI is InChI=1S/C15H24N2O2S2/c1-15(2,3)13-6-7-14(20-13)21(18,19)17-9-8-11-4-5-12(10-17)16-11/h6-7,11-12,16H,4-5,8-10H2,1-3H3. The Balaban J connectivity index is 1.84. The van der Waals surface area contributed by atoms with E-state index < -0.39 is 10.0 Å². The Morgan fingerprint density at radius 1 is 1.19 bits per heavy atom. The highest BCUT2D eigenvalue weighted by Gasteiger charge is 2.35. The highest BCUT2D eigenvalue weighted by Crippen LogP contribution is 2.34. The maximum absolute atomic E-state index is 12.9. The minimum atomic E-state index is -3.34. The van der Waals surface area contributed by atoms with E-state index in [1.807, 2.05) is 6.07 Å². The van der Waals surface area contributed by atoms with Crippen LogP contribution in [0.4, 0.5) is 0 Å². The fourth-order valence-electron chi connectivity index (χ4n) is 3.12. The summed E-state index contributed by atoms with van der Waals surface area (Å²) in [5.41, 5.74) is -0.00214. The molecule has 2 aliphatic heterocycles. The monoisotopic (exact) mass is 328 g/mol. The lowest BCUT2D eigenvalue weighted by Gasteiger charge is -2.23. The van der Waals surface area contributed by atoms with Gasteiger partial charge in [0.25, 0.3) is 10.0 Å². The topological polar surface area (TPSA) is 49.4 Å². The Hall–Kier alpha value is -0.430. The minimum Gasteiger partial charge on any atom is -0.310 e. The van der Waals surface area contributed by atoms with Crippen LogP contribution >= 0.6 is 11.3 Å². The van der Waals surface area contributed by atoms with E-state index in [-0.39, 0.29) is 5.41 Å². The summed E-state index contributed by atoms with van der Waals surface area (Å²) in [5.74, 6) is 0. The zero-order valence-electron chi connectivity index (χ0n) is 12.9.